The van der Waals surface area contributed by atoms with Crippen LogP contribution in [0.15, 0.2) is 36.7 Å². The molecular formula is C12H21BO3. The van der Waals surface area contributed by atoms with E-state index in [0.717, 1.165) is 0 Å². The molecule has 0 aliphatic heterocycles. The summed E-state index contributed by atoms with van der Waals surface area (Å²) in [5.41, 5.74) is 0. The molecule has 3 nitrogen and oxygen atoms in total. The normalized spacial score (nSPS) is 11.4. The van der Waals surface area contributed by atoms with E-state index in [1.54, 1.807) is 18.8 Å². The summed E-state index contributed by atoms with van der Waals surface area (Å²) in [6.45, 7) is 8.00. The maximum atomic E-state index is 5.15. The van der Waals surface area contributed by atoms with E-state index < -0.39 is 0 Å². The second kappa shape index (κ2) is 11.8. The van der Waals surface area contributed by atoms with Gasteiger partial charge in [0.1, 0.15) is 0 Å². The van der Waals surface area contributed by atoms with Crippen molar-refractivity contribution in [2.24, 2.45) is 0 Å². The first kappa shape index (κ1) is 14.7. The molecule has 90 valence electrons. The summed E-state index contributed by atoms with van der Waals surface area (Å²) in [7, 11) is 0. The van der Waals surface area contributed by atoms with Crippen molar-refractivity contribution in [3.63, 3.8) is 0 Å². The fourth-order valence-corrected chi connectivity index (χ4v) is 0.920. The van der Waals surface area contributed by atoms with E-state index in [9.17, 15) is 0 Å². The van der Waals surface area contributed by atoms with E-state index in [4.69, 9.17) is 14.2 Å². The molecule has 0 aliphatic carbocycles. The van der Waals surface area contributed by atoms with Crippen LogP contribution in [-0.4, -0.2) is 26.5 Å². The van der Waals surface area contributed by atoms with Crippen LogP contribution < -0.4 is 0 Å². The Hall–Kier alpha value is -1.32. The lowest BCUT2D eigenvalue weighted by Gasteiger charge is -1.99. The molecule has 0 unspecified atom stereocenters. The Labute approximate surface area is 98.8 Å². The van der Waals surface area contributed by atoms with Crippen molar-refractivity contribution in [2.75, 3.05) is 19.8 Å². The Bertz CT molecular complexity index is 186. The topological polar surface area (TPSA) is 27.7 Å². The van der Waals surface area contributed by atoms with Crippen LogP contribution in [-0.2, 0) is 14.2 Å². The van der Waals surface area contributed by atoms with Gasteiger partial charge in [0.05, 0.1) is 38.6 Å². The smallest absolute Gasteiger partial charge is 0.228 e. The van der Waals surface area contributed by atoms with Gasteiger partial charge in [-0.3, -0.25) is 0 Å². The van der Waals surface area contributed by atoms with Crippen LogP contribution in [0, 0.1) is 0 Å². The van der Waals surface area contributed by atoms with Gasteiger partial charge in [0.15, 0.2) is 0 Å². The van der Waals surface area contributed by atoms with Gasteiger partial charge in [0.25, 0.3) is 0 Å². The number of ether oxygens (including phenoxy) is 3. The van der Waals surface area contributed by atoms with E-state index >= 15 is 0 Å². The molecule has 0 spiro atoms. The molecule has 0 aromatic heterocycles. The van der Waals surface area contributed by atoms with Crippen molar-refractivity contribution in [3.8, 4) is 0 Å². The average Bonchev–Trinajstić information content (AvgIpc) is 2.29. The maximum Gasteiger partial charge on any atom is 0.228 e. The van der Waals surface area contributed by atoms with Crippen LogP contribution in [0.3, 0.4) is 0 Å². The maximum absolute atomic E-state index is 5.15. The Balaban J connectivity index is 4.14. The molecule has 0 rings (SSSR count). The molecule has 4 heteroatoms. The van der Waals surface area contributed by atoms with Crippen LogP contribution in [0.4, 0.5) is 0 Å². The van der Waals surface area contributed by atoms with Gasteiger partial charge in [-0.15, -0.1) is 0 Å². The molecule has 0 N–H and O–H groups in total. The fraction of sp³-hybridized carbons (Fsp3) is 0.500. The third kappa shape index (κ3) is 9.25. The van der Waals surface area contributed by atoms with E-state index in [1.165, 1.54) is 0 Å². The molecule has 0 saturated carbocycles. The highest BCUT2D eigenvalue weighted by Crippen LogP contribution is 1.94. The van der Waals surface area contributed by atoms with Crippen LogP contribution in [0.5, 0.6) is 0 Å². The second-order valence-electron chi connectivity index (χ2n) is 2.93. The summed E-state index contributed by atoms with van der Waals surface area (Å²) in [5.74, 6) is 5.82. The minimum atomic E-state index is 0.129. The summed E-state index contributed by atoms with van der Waals surface area (Å²) in [5, 5.41) is 0. The summed E-state index contributed by atoms with van der Waals surface area (Å²) in [4.78, 5) is 0. The minimum Gasteiger partial charge on any atom is -0.503 e. The lowest BCUT2D eigenvalue weighted by atomic mass is 9.50. The van der Waals surface area contributed by atoms with Crippen LogP contribution in [0.1, 0.15) is 20.8 Å². The first-order valence-corrected chi connectivity index (χ1v) is 5.69. The lowest BCUT2D eigenvalue weighted by Crippen LogP contribution is -2.03. The first-order valence-electron chi connectivity index (χ1n) is 5.69. The van der Waals surface area contributed by atoms with Crippen LogP contribution in [0.25, 0.3) is 0 Å². The molecule has 0 fully saturated rings. The van der Waals surface area contributed by atoms with Crippen molar-refractivity contribution in [1.82, 2.24) is 0 Å². The Morgan fingerprint density at radius 3 is 1.25 bits per heavy atom. The minimum absolute atomic E-state index is 0.129. The highest BCUT2D eigenvalue weighted by atomic mass is 16.5. The van der Waals surface area contributed by atoms with Crippen LogP contribution >= 0.6 is 0 Å². The summed E-state index contributed by atoms with van der Waals surface area (Å²) >= 11 is 0. The van der Waals surface area contributed by atoms with Crippen molar-refractivity contribution in [3.05, 3.63) is 36.7 Å². The van der Waals surface area contributed by atoms with Crippen molar-refractivity contribution in [2.45, 2.75) is 20.8 Å². The first-order chi connectivity index (χ1) is 7.85. The van der Waals surface area contributed by atoms with E-state index in [1.807, 2.05) is 38.7 Å². The van der Waals surface area contributed by atoms with E-state index in [2.05, 4.69) is 0 Å². The van der Waals surface area contributed by atoms with Crippen molar-refractivity contribution < 1.29 is 14.2 Å². The number of hydrogen-bond donors (Lipinski definition) is 0. The Morgan fingerprint density at radius 2 is 1.00 bits per heavy atom. The highest BCUT2D eigenvalue weighted by Gasteiger charge is 2.00. The van der Waals surface area contributed by atoms with Gasteiger partial charge >= 0.3 is 0 Å². The third-order valence-corrected chi connectivity index (χ3v) is 1.69. The molecule has 0 aromatic rings. The predicted molar refractivity (Wildman–Crippen MR) is 68.1 cm³/mol. The van der Waals surface area contributed by atoms with Gasteiger partial charge in [-0.05, 0) is 20.8 Å². The Morgan fingerprint density at radius 1 is 0.688 bits per heavy atom. The van der Waals surface area contributed by atoms with E-state index in [-0.39, 0.29) is 6.71 Å². The Kier molecular flexibility index (Phi) is 10.8. The zero-order chi connectivity index (χ0) is 12.1. The van der Waals surface area contributed by atoms with Gasteiger partial charge in [-0.25, -0.2) is 0 Å². The molecule has 0 aromatic carbocycles. The highest BCUT2D eigenvalue weighted by molar-refractivity contribution is 6.74. The van der Waals surface area contributed by atoms with Crippen molar-refractivity contribution in [1.29, 1.82) is 0 Å². The van der Waals surface area contributed by atoms with Gasteiger partial charge < -0.3 is 14.2 Å². The monoisotopic (exact) mass is 224 g/mol. The van der Waals surface area contributed by atoms with Crippen LogP contribution in [0.2, 0.25) is 0 Å². The quantitative estimate of drug-likeness (QED) is 0.445. The molecule has 0 saturated heterocycles. The average molecular weight is 224 g/mol. The summed E-state index contributed by atoms with van der Waals surface area (Å²) in [6, 6.07) is 0. The van der Waals surface area contributed by atoms with Crippen molar-refractivity contribution >= 4 is 6.71 Å². The SMILES string of the molecule is CCO/C=C/B(/C=C/OCC)/C=C/OCC. The standard InChI is InChI=1S/C12H21BO3/c1-4-14-10-7-13(8-11-15-5-2)9-12-16-6-3/h7-12H,4-6H2,1-3H3/b10-7+,11-8+,12-9+. The zero-order valence-corrected chi connectivity index (χ0v) is 10.4. The molecule has 0 radical (unpaired) electrons. The van der Waals surface area contributed by atoms with E-state index in [0.29, 0.717) is 19.8 Å². The second-order valence-corrected chi connectivity index (χ2v) is 2.93. The van der Waals surface area contributed by atoms with Gasteiger partial charge in [-0.2, -0.15) is 0 Å². The molecule has 0 bridgehead atoms. The molecule has 0 heterocycles. The fourth-order valence-electron chi connectivity index (χ4n) is 0.920. The molecular weight excluding hydrogens is 203 g/mol. The largest absolute Gasteiger partial charge is 0.503 e. The third-order valence-electron chi connectivity index (χ3n) is 1.69. The molecule has 0 atom stereocenters. The van der Waals surface area contributed by atoms with Gasteiger partial charge in [0.2, 0.25) is 6.71 Å². The van der Waals surface area contributed by atoms with Gasteiger partial charge in [-0.1, -0.05) is 17.9 Å². The molecule has 0 aliphatic rings. The number of hydrogen-bond acceptors (Lipinski definition) is 3. The van der Waals surface area contributed by atoms with Gasteiger partial charge in [0, 0.05) is 0 Å². The number of rotatable bonds is 9. The summed E-state index contributed by atoms with van der Waals surface area (Å²) < 4.78 is 15.4. The summed E-state index contributed by atoms with van der Waals surface area (Å²) in [6.07, 6.45) is 5.08. The predicted octanol–water partition coefficient (Wildman–Crippen LogP) is 2.75. The lowest BCUT2D eigenvalue weighted by molar-refractivity contribution is 0.268. The molecule has 16 heavy (non-hydrogen) atoms. The molecule has 0 amide bonds. The zero-order valence-electron chi connectivity index (χ0n) is 10.4.